The van der Waals surface area contributed by atoms with Crippen LogP contribution in [0.4, 0.5) is 17.6 Å². The van der Waals surface area contributed by atoms with Crippen LogP contribution in [0.3, 0.4) is 0 Å². The number of ether oxygens (including phenoxy) is 1. The molecule has 1 amide bonds. The first-order chi connectivity index (χ1) is 15.3. The van der Waals surface area contributed by atoms with Gasteiger partial charge in [0.05, 0.1) is 6.61 Å². The molecule has 2 aliphatic rings. The van der Waals surface area contributed by atoms with Crippen molar-refractivity contribution in [3.63, 3.8) is 0 Å². The van der Waals surface area contributed by atoms with E-state index in [0.717, 1.165) is 10.5 Å². The van der Waals surface area contributed by atoms with Gasteiger partial charge in [0.15, 0.2) is 11.6 Å². The van der Waals surface area contributed by atoms with Gasteiger partial charge in [-0.05, 0) is 50.0 Å². The van der Waals surface area contributed by atoms with Gasteiger partial charge in [-0.1, -0.05) is 42.5 Å². The van der Waals surface area contributed by atoms with Crippen molar-refractivity contribution in [3.05, 3.63) is 66.0 Å². The lowest BCUT2D eigenvalue weighted by Gasteiger charge is -2.41. The van der Waals surface area contributed by atoms with E-state index in [1.165, 1.54) is 12.1 Å². The maximum Gasteiger partial charge on any atom is 0.471 e. The molecule has 4 rings (SSSR count). The lowest BCUT2D eigenvalue weighted by Crippen LogP contribution is -2.53. The number of carbonyl (C=O) groups is 1. The minimum atomic E-state index is -4.95. The molecule has 1 heterocycles. The smallest absolute Gasteiger partial charge is 0.471 e. The summed E-state index contributed by atoms with van der Waals surface area (Å²) in [5.74, 6) is -2.39. The highest BCUT2D eigenvalue weighted by Gasteiger charge is 2.54. The van der Waals surface area contributed by atoms with Crippen LogP contribution in [0.15, 0.2) is 54.6 Å². The first-order valence-corrected chi connectivity index (χ1v) is 10.8. The fraction of sp³-hybridized carbons (Fsp3) is 0.458. The van der Waals surface area contributed by atoms with Crippen LogP contribution in [0.2, 0.25) is 0 Å². The fourth-order valence-corrected chi connectivity index (χ4v) is 4.55. The van der Waals surface area contributed by atoms with Crippen LogP contribution in [0.25, 0.3) is 0 Å². The molecule has 0 bridgehead atoms. The summed E-state index contributed by atoms with van der Waals surface area (Å²) in [5.41, 5.74) is 0.234. The highest BCUT2D eigenvalue weighted by molar-refractivity contribution is 5.82. The number of hydrogen-bond acceptors (Lipinski definition) is 3. The van der Waals surface area contributed by atoms with Crippen LogP contribution in [0.5, 0.6) is 5.75 Å². The van der Waals surface area contributed by atoms with Crippen molar-refractivity contribution in [2.45, 2.75) is 37.4 Å². The second-order valence-corrected chi connectivity index (χ2v) is 8.72. The molecule has 1 aliphatic carbocycles. The molecule has 8 heteroatoms. The van der Waals surface area contributed by atoms with Gasteiger partial charge in [0.2, 0.25) is 0 Å². The zero-order chi connectivity index (χ0) is 22.8. The number of para-hydroxylation sites is 1. The Balaban J connectivity index is 1.56. The quantitative estimate of drug-likeness (QED) is 0.631. The van der Waals surface area contributed by atoms with E-state index >= 15 is 0 Å². The number of nitrogens with zero attached hydrogens (tertiary/aromatic N) is 1. The van der Waals surface area contributed by atoms with Crippen molar-refractivity contribution >= 4 is 5.91 Å². The van der Waals surface area contributed by atoms with E-state index < -0.39 is 29.4 Å². The van der Waals surface area contributed by atoms with Gasteiger partial charge in [0.1, 0.15) is 0 Å². The van der Waals surface area contributed by atoms with E-state index in [9.17, 15) is 22.4 Å². The summed E-state index contributed by atoms with van der Waals surface area (Å²) in [7, 11) is 0. The Morgan fingerprint density at radius 3 is 2.38 bits per heavy atom. The second-order valence-electron chi connectivity index (χ2n) is 8.72. The fourth-order valence-electron chi connectivity index (χ4n) is 4.55. The molecular formula is C24H26F4N2O2. The summed E-state index contributed by atoms with van der Waals surface area (Å²) in [6.45, 7) is 1.17. The van der Waals surface area contributed by atoms with Crippen LogP contribution < -0.4 is 10.1 Å². The lowest BCUT2D eigenvalue weighted by molar-refractivity contribution is -0.188. The van der Waals surface area contributed by atoms with Gasteiger partial charge >= 0.3 is 12.1 Å². The molecule has 2 atom stereocenters. The Kier molecular flexibility index (Phi) is 6.42. The highest BCUT2D eigenvalue weighted by Crippen LogP contribution is 2.47. The number of benzene rings is 2. The summed E-state index contributed by atoms with van der Waals surface area (Å²) in [5, 5.41) is 3.21. The van der Waals surface area contributed by atoms with Gasteiger partial charge in [-0.2, -0.15) is 13.2 Å². The third-order valence-electron chi connectivity index (χ3n) is 6.43. The molecule has 0 spiro atoms. The van der Waals surface area contributed by atoms with E-state index in [4.69, 9.17) is 4.74 Å². The Bertz CT molecular complexity index is 929. The minimum Gasteiger partial charge on any atom is -0.490 e. The number of nitrogens with one attached hydrogen (secondary N) is 1. The number of halogens is 4. The molecule has 2 aromatic rings. The predicted molar refractivity (Wildman–Crippen MR) is 112 cm³/mol. The maximum atomic E-state index is 14.0. The molecule has 2 aromatic carbocycles. The summed E-state index contributed by atoms with van der Waals surface area (Å²) in [6, 6.07) is 14.7. The molecule has 1 saturated carbocycles. The molecule has 1 saturated heterocycles. The second kappa shape index (κ2) is 9.10. The Hall–Kier alpha value is -2.61. The number of carbonyl (C=O) groups excluding carboxylic acids is 1. The Morgan fingerprint density at radius 2 is 1.72 bits per heavy atom. The molecule has 32 heavy (non-hydrogen) atoms. The van der Waals surface area contributed by atoms with E-state index in [-0.39, 0.29) is 24.8 Å². The van der Waals surface area contributed by atoms with Gasteiger partial charge in [0.25, 0.3) is 0 Å². The molecule has 0 radical (unpaired) electrons. The van der Waals surface area contributed by atoms with Gasteiger partial charge in [-0.3, -0.25) is 4.79 Å². The molecule has 0 unspecified atom stereocenters. The minimum absolute atomic E-state index is 0.0416. The number of rotatable bonds is 7. The van der Waals surface area contributed by atoms with Crippen molar-refractivity contribution in [2.75, 3.05) is 26.2 Å². The van der Waals surface area contributed by atoms with Gasteiger partial charge in [-0.25, -0.2) is 4.39 Å². The zero-order valence-electron chi connectivity index (χ0n) is 17.6. The average Bonchev–Trinajstić information content (AvgIpc) is 3.58. The van der Waals surface area contributed by atoms with Gasteiger partial charge < -0.3 is 15.0 Å². The first kappa shape index (κ1) is 22.6. The summed E-state index contributed by atoms with van der Waals surface area (Å²) < 4.78 is 60.3. The molecule has 1 N–H and O–H groups in total. The van der Waals surface area contributed by atoms with Gasteiger partial charge in [0, 0.05) is 23.9 Å². The maximum absolute atomic E-state index is 14.0. The van der Waals surface area contributed by atoms with Crippen molar-refractivity contribution in [3.8, 4) is 5.75 Å². The molecule has 172 valence electrons. The number of amides is 1. The normalized spacial score (nSPS) is 22.2. The largest absolute Gasteiger partial charge is 0.490 e. The molecule has 0 aromatic heterocycles. The van der Waals surface area contributed by atoms with Crippen LogP contribution in [-0.4, -0.2) is 49.3 Å². The van der Waals surface area contributed by atoms with Crippen LogP contribution in [0, 0.1) is 11.2 Å². The summed E-state index contributed by atoms with van der Waals surface area (Å²) in [6.07, 6.45) is -3.39. The molecule has 1 aliphatic heterocycles. The van der Waals surface area contributed by atoms with Crippen LogP contribution in [-0.2, 0) is 4.79 Å². The van der Waals surface area contributed by atoms with E-state index in [1.807, 2.05) is 30.3 Å². The standard InChI is InChI=1S/C24H26F4N2O2/c25-19-8-4-5-9-21(19)32-16-23(10-12-29-13-11-23)15-30(22(31)24(26,27)28)20-14-18(20)17-6-2-1-3-7-17/h1-9,18,20,29H,10-16H2/t18-,20+/m0/s1. The van der Waals surface area contributed by atoms with E-state index in [0.29, 0.717) is 32.4 Å². The van der Waals surface area contributed by atoms with Crippen LogP contribution >= 0.6 is 0 Å². The highest BCUT2D eigenvalue weighted by atomic mass is 19.4. The monoisotopic (exact) mass is 450 g/mol. The summed E-state index contributed by atoms with van der Waals surface area (Å²) >= 11 is 0. The third-order valence-corrected chi connectivity index (χ3v) is 6.43. The van der Waals surface area contributed by atoms with Crippen molar-refractivity contribution < 1.29 is 27.1 Å². The number of hydrogen-bond donors (Lipinski definition) is 1. The number of alkyl halides is 3. The topological polar surface area (TPSA) is 41.6 Å². The van der Waals surface area contributed by atoms with Crippen molar-refractivity contribution in [1.29, 1.82) is 0 Å². The van der Waals surface area contributed by atoms with Crippen molar-refractivity contribution in [2.24, 2.45) is 5.41 Å². The Labute approximate surface area is 184 Å². The zero-order valence-corrected chi connectivity index (χ0v) is 17.6. The van der Waals surface area contributed by atoms with Gasteiger partial charge in [-0.15, -0.1) is 0 Å². The SMILES string of the molecule is O=C(N(CC1(COc2ccccc2F)CCNCC1)[C@@H]1C[C@H]1c1ccccc1)C(F)(F)F. The van der Waals surface area contributed by atoms with Crippen LogP contribution in [0.1, 0.15) is 30.7 Å². The van der Waals surface area contributed by atoms with Crippen molar-refractivity contribution in [1.82, 2.24) is 10.2 Å². The molecule has 2 fully saturated rings. The first-order valence-electron chi connectivity index (χ1n) is 10.8. The summed E-state index contributed by atoms with van der Waals surface area (Å²) in [4.78, 5) is 13.4. The van der Waals surface area contributed by atoms with E-state index in [2.05, 4.69) is 5.32 Å². The Morgan fingerprint density at radius 1 is 1.06 bits per heavy atom. The third kappa shape index (κ3) is 5.06. The predicted octanol–water partition coefficient (Wildman–Crippen LogP) is 4.52. The molecule has 4 nitrogen and oxygen atoms in total. The average molecular weight is 450 g/mol. The lowest BCUT2D eigenvalue weighted by atomic mass is 9.79. The molecular weight excluding hydrogens is 424 g/mol. The number of piperidine rings is 1. The van der Waals surface area contributed by atoms with E-state index in [1.54, 1.807) is 12.1 Å².